The first-order valence-electron chi connectivity index (χ1n) is 3.73. The average molecular weight is 310 g/mol. The standard InChI is InChI=1S/C9H9ClINO/c1-12(9(13)6-10)8-4-2-7(11)3-5-8/h2-5H,6H2,1H3. The maximum absolute atomic E-state index is 11.2. The van der Waals surface area contributed by atoms with Gasteiger partial charge in [-0.25, -0.2) is 0 Å². The summed E-state index contributed by atoms with van der Waals surface area (Å²) < 4.78 is 1.15. The largest absolute Gasteiger partial charge is 0.314 e. The topological polar surface area (TPSA) is 20.3 Å². The van der Waals surface area contributed by atoms with Crippen LogP contribution in [0.15, 0.2) is 24.3 Å². The first kappa shape index (κ1) is 10.8. The van der Waals surface area contributed by atoms with Gasteiger partial charge in [0, 0.05) is 16.3 Å². The second-order valence-corrected chi connectivity index (χ2v) is 4.08. The maximum Gasteiger partial charge on any atom is 0.241 e. The number of rotatable bonds is 2. The van der Waals surface area contributed by atoms with Crippen LogP contribution >= 0.6 is 34.2 Å². The SMILES string of the molecule is CN(C(=O)CCl)c1ccc(I)cc1. The smallest absolute Gasteiger partial charge is 0.241 e. The van der Waals surface area contributed by atoms with Gasteiger partial charge in [-0.05, 0) is 46.9 Å². The van der Waals surface area contributed by atoms with Crippen LogP contribution in [-0.2, 0) is 4.79 Å². The molecule has 1 aromatic carbocycles. The molecule has 70 valence electrons. The third-order valence-corrected chi connectivity index (χ3v) is 2.65. The molecule has 2 nitrogen and oxygen atoms in total. The summed E-state index contributed by atoms with van der Waals surface area (Å²) in [4.78, 5) is 12.7. The number of nitrogens with zero attached hydrogens (tertiary/aromatic N) is 1. The van der Waals surface area contributed by atoms with Gasteiger partial charge in [0.2, 0.25) is 5.91 Å². The lowest BCUT2D eigenvalue weighted by Crippen LogP contribution is -2.27. The highest BCUT2D eigenvalue weighted by atomic mass is 127. The molecule has 0 atom stereocenters. The quantitative estimate of drug-likeness (QED) is 0.607. The van der Waals surface area contributed by atoms with Crippen LogP contribution in [0.4, 0.5) is 5.69 Å². The molecule has 1 amide bonds. The van der Waals surface area contributed by atoms with Crippen LogP contribution in [0.5, 0.6) is 0 Å². The second-order valence-electron chi connectivity index (χ2n) is 2.56. The summed E-state index contributed by atoms with van der Waals surface area (Å²) in [5, 5.41) is 0. The van der Waals surface area contributed by atoms with E-state index in [9.17, 15) is 4.79 Å². The van der Waals surface area contributed by atoms with Crippen LogP contribution < -0.4 is 4.90 Å². The molecule has 0 aliphatic carbocycles. The molecular weight excluding hydrogens is 300 g/mol. The van der Waals surface area contributed by atoms with E-state index in [1.807, 2.05) is 24.3 Å². The van der Waals surface area contributed by atoms with Crippen molar-refractivity contribution >= 4 is 45.8 Å². The predicted octanol–water partition coefficient (Wildman–Crippen LogP) is 2.49. The number of alkyl halides is 1. The fourth-order valence-corrected chi connectivity index (χ4v) is 1.44. The molecule has 0 heterocycles. The Hall–Kier alpha value is -0.290. The van der Waals surface area contributed by atoms with Crippen molar-refractivity contribution < 1.29 is 4.79 Å². The molecule has 0 aromatic heterocycles. The van der Waals surface area contributed by atoms with E-state index >= 15 is 0 Å². The van der Waals surface area contributed by atoms with Crippen molar-refractivity contribution in [3.05, 3.63) is 27.8 Å². The third kappa shape index (κ3) is 2.84. The van der Waals surface area contributed by atoms with Crippen molar-refractivity contribution in [2.24, 2.45) is 0 Å². The molecule has 0 saturated carbocycles. The van der Waals surface area contributed by atoms with Crippen molar-refractivity contribution in [2.45, 2.75) is 0 Å². The molecular formula is C9H9ClINO. The normalized spacial score (nSPS) is 9.77. The van der Waals surface area contributed by atoms with E-state index in [1.165, 1.54) is 0 Å². The Morgan fingerprint density at radius 3 is 2.46 bits per heavy atom. The highest BCUT2D eigenvalue weighted by Crippen LogP contribution is 2.15. The fraction of sp³-hybridized carbons (Fsp3) is 0.222. The zero-order chi connectivity index (χ0) is 9.84. The highest BCUT2D eigenvalue weighted by molar-refractivity contribution is 14.1. The summed E-state index contributed by atoms with van der Waals surface area (Å²) >= 11 is 7.65. The van der Waals surface area contributed by atoms with Gasteiger partial charge in [-0.15, -0.1) is 11.6 Å². The van der Waals surface area contributed by atoms with Crippen LogP contribution in [-0.4, -0.2) is 18.8 Å². The van der Waals surface area contributed by atoms with E-state index in [0.717, 1.165) is 9.26 Å². The van der Waals surface area contributed by atoms with Gasteiger partial charge in [0.1, 0.15) is 5.88 Å². The summed E-state index contributed by atoms with van der Waals surface area (Å²) in [5.41, 5.74) is 0.867. The van der Waals surface area contributed by atoms with Crippen molar-refractivity contribution in [3.8, 4) is 0 Å². The minimum Gasteiger partial charge on any atom is -0.314 e. The summed E-state index contributed by atoms with van der Waals surface area (Å²) in [6, 6.07) is 7.69. The molecule has 1 aromatic rings. The predicted molar refractivity (Wildman–Crippen MR) is 63.3 cm³/mol. The van der Waals surface area contributed by atoms with Gasteiger partial charge in [-0.1, -0.05) is 0 Å². The Bertz CT molecular complexity index is 299. The molecule has 0 unspecified atom stereocenters. The van der Waals surface area contributed by atoms with Gasteiger partial charge >= 0.3 is 0 Å². The lowest BCUT2D eigenvalue weighted by Gasteiger charge is -2.15. The van der Waals surface area contributed by atoms with Crippen molar-refractivity contribution in [1.29, 1.82) is 0 Å². The minimum absolute atomic E-state index is 0.0164. The van der Waals surface area contributed by atoms with E-state index in [4.69, 9.17) is 11.6 Å². The first-order valence-corrected chi connectivity index (χ1v) is 5.34. The van der Waals surface area contributed by atoms with E-state index in [0.29, 0.717) is 0 Å². The van der Waals surface area contributed by atoms with Crippen LogP contribution in [0.25, 0.3) is 0 Å². The summed E-state index contributed by atoms with van der Waals surface area (Å²) in [6.07, 6.45) is 0. The first-order chi connectivity index (χ1) is 6.15. The Kier molecular flexibility index (Phi) is 3.99. The number of anilines is 1. The van der Waals surface area contributed by atoms with Crippen LogP contribution in [0, 0.1) is 3.57 Å². The van der Waals surface area contributed by atoms with Crippen molar-refractivity contribution in [1.82, 2.24) is 0 Å². The van der Waals surface area contributed by atoms with Gasteiger partial charge in [0.15, 0.2) is 0 Å². The number of amides is 1. The molecule has 0 radical (unpaired) electrons. The molecule has 0 bridgehead atoms. The van der Waals surface area contributed by atoms with E-state index in [-0.39, 0.29) is 11.8 Å². The molecule has 0 N–H and O–H groups in total. The molecule has 0 aliphatic rings. The Morgan fingerprint density at radius 2 is 2.00 bits per heavy atom. The number of hydrogen-bond donors (Lipinski definition) is 0. The van der Waals surface area contributed by atoms with E-state index in [1.54, 1.807) is 11.9 Å². The number of carbonyl (C=O) groups excluding carboxylic acids is 1. The van der Waals surface area contributed by atoms with Crippen LogP contribution in [0.2, 0.25) is 0 Å². The number of carbonyl (C=O) groups is 1. The van der Waals surface area contributed by atoms with Gasteiger partial charge in [0.05, 0.1) is 0 Å². The molecule has 13 heavy (non-hydrogen) atoms. The Labute approximate surface area is 96.0 Å². The maximum atomic E-state index is 11.2. The minimum atomic E-state index is -0.0946. The zero-order valence-corrected chi connectivity index (χ0v) is 10.0. The number of hydrogen-bond acceptors (Lipinski definition) is 1. The van der Waals surface area contributed by atoms with Gasteiger partial charge in [-0.3, -0.25) is 4.79 Å². The van der Waals surface area contributed by atoms with Crippen LogP contribution in [0.1, 0.15) is 0 Å². The molecule has 1 rings (SSSR count). The second kappa shape index (κ2) is 4.81. The number of halogens is 2. The molecule has 4 heteroatoms. The zero-order valence-electron chi connectivity index (χ0n) is 7.13. The molecule has 0 saturated heterocycles. The van der Waals surface area contributed by atoms with E-state index in [2.05, 4.69) is 22.6 Å². The average Bonchev–Trinajstić information content (AvgIpc) is 2.17. The summed E-state index contributed by atoms with van der Waals surface area (Å²) in [5.74, 6) is -0.0782. The molecule has 0 aliphatic heterocycles. The van der Waals surface area contributed by atoms with Crippen molar-refractivity contribution in [3.63, 3.8) is 0 Å². The van der Waals surface area contributed by atoms with Gasteiger partial charge in [0.25, 0.3) is 0 Å². The van der Waals surface area contributed by atoms with E-state index < -0.39 is 0 Å². The molecule has 0 fully saturated rings. The summed E-state index contributed by atoms with van der Waals surface area (Å²) in [7, 11) is 1.72. The third-order valence-electron chi connectivity index (χ3n) is 1.70. The fourth-order valence-electron chi connectivity index (χ4n) is 0.898. The Morgan fingerprint density at radius 1 is 1.46 bits per heavy atom. The van der Waals surface area contributed by atoms with Gasteiger partial charge in [-0.2, -0.15) is 0 Å². The summed E-state index contributed by atoms with van der Waals surface area (Å²) in [6.45, 7) is 0. The van der Waals surface area contributed by atoms with Gasteiger partial charge < -0.3 is 4.90 Å². The van der Waals surface area contributed by atoms with Crippen molar-refractivity contribution in [2.75, 3.05) is 17.8 Å². The Balaban J connectivity index is 2.83. The van der Waals surface area contributed by atoms with Crippen LogP contribution in [0.3, 0.4) is 0 Å². The monoisotopic (exact) mass is 309 g/mol. The lowest BCUT2D eigenvalue weighted by molar-refractivity contribution is -0.116. The molecule has 0 spiro atoms. The highest BCUT2D eigenvalue weighted by Gasteiger charge is 2.08. The lowest BCUT2D eigenvalue weighted by atomic mass is 10.3. The number of benzene rings is 1.